The molecule has 0 aromatic heterocycles. The molecule has 2 unspecified atom stereocenters. The van der Waals surface area contributed by atoms with Crippen LogP contribution in [0.25, 0.3) is 0 Å². The molecule has 0 aliphatic carbocycles. The number of hydrogen-bond acceptors (Lipinski definition) is 2. The van der Waals surface area contributed by atoms with Crippen LogP contribution in [-0.2, 0) is 4.79 Å². The molecule has 2 atom stereocenters. The van der Waals surface area contributed by atoms with Gasteiger partial charge < -0.3 is 4.90 Å². The molecule has 1 amide bonds. The summed E-state index contributed by atoms with van der Waals surface area (Å²) in [5.41, 5.74) is 0. The first-order valence-electron chi connectivity index (χ1n) is 5.12. The molecular formula is C10H18N2O. The van der Waals surface area contributed by atoms with E-state index in [9.17, 15) is 4.79 Å². The van der Waals surface area contributed by atoms with Crippen LogP contribution in [0.1, 0.15) is 27.2 Å². The zero-order valence-corrected chi connectivity index (χ0v) is 8.66. The summed E-state index contributed by atoms with van der Waals surface area (Å²) in [7, 11) is 0. The maximum Gasteiger partial charge on any atom is 0.219 e. The second-order valence-corrected chi connectivity index (χ2v) is 4.51. The van der Waals surface area contributed by atoms with Crippen molar-refractivity contribution < 1.29 is 4.79 Å². The molecule has 3 nitrogen and oxygen atoms in total. The molecule has 3 aliphatic rings. The van der Waals surface area contributed by atoms with Crippen LogP contribution in [0.5, 0.6) is 0 Å². The van der Waals surface area contributed by atoms with E-state index in [-0.39, 0.29) is 5.91 Å². The van der Waals surface area contributed by atoms with Crippen LogP contribution in [0.15, 0.2) is 0 Å². The number of nitrogens with zero attached hydrogens (tertiary/aromatic N) is 2. The number of carbonyl (C=O) groups is 1. The molecule has 0 saturated carbocycles. The zero-order chi connectivity index (χ0) is 9.59. The highest BCUT2D eigenvalue weighted by Gasteiger charge is 2.45. The number of hydrogen-bond donors (Lipinski definition) is 0. The van der Waals surface area contributed by atoms with Gasteiger partial charge in [0, 0.05) is 38.1 Å². The van der Waals surface area contributed by atoms with E-state index in [1.807, 2.05) is 4.90 Å². The van der Waals surface area contributed by atoms with E-state index in [2.05, 4.69) is 18.7 Å². The molecule has 0 aromatic carbocycles. The van der Waals surface area contributed by atoms with Crippen LogP contribution in [0.4, 0.5) is 0 Å². The Bertz CT molecular complexity index is 215. The van der Waals surface area contributed by atoms with Crippen molar-refractivity contribution in [3.8, 4) is 0 Å². The summed E-state index contributed by atoms with van der Waals surface area (Å²) >= 11 is 0. The van der Waals surface area contributed by atoms with Crippen LogP contribution in [0, 0.1) is 0 Å². The third-order valence-corrected chi connectivity index (χ3v) is 3.29. The molecule has 3 heterocycles. The first kappa shape index (κ1) is 9.00. The first-order chi connectivity index (χ1) is 6.09. The van der Waals surface area contributed by atoms with Gasteiger partial charge in [-0.15, -0.1) is 0 Å². The summed E-state index contributed by atoms with van der Waals surface area (Å²) in [4.78, 5) is 15.7. The van der Waals surface area contributed by atoms with Crippen LogP contribution < -0.4 is 0 Å². The lowest BCUT2D eigenvalue weighted by Gasteiger charge is -2.58. The molecule has 3 heteroatoms. The zero-order valence-electron chi connectivity index (χ0n) is 8.66. The molecule has 0 N–H and O–H groups in total. The largest absolute Gasteiger partial charge is 0.340 e. The predicted molar refractivity (Wildman–Crippen MR) is 51.4 cm³/mol. The van der Waals surface area contributed by atoms with Crippen molar-refractivity contribution in [3.05, 3.63) is 0 Å². The van der Waals surface area contributed by atoms with E-state index in [1.54, 1.807) is 6.92 Å². The van der Waals surface area contributed by atoms with Gasteiger partial charge in [0.15, 0.2) is 0 Å². The van der Waals surface area contributed by atoms with Crippen molar-refractivity contribution in [3.63, 3.8) is 0 Å². The van der Waals surface area contributed by atoms with Crippen LogP contribution in [0.3, 0.4) is 0 Å². The lowest BCUT2D eigenvalue weighted by molar-refractivity contribution is -0.144. The van der Waals surface area contributed by atoms with Crippen LogP contribution >= 0.6 is 0 Å². The SMILES string of the molecule is CC(=O)N1CC2CC(C1)N2C(C)C. The first-order valence-corrected chi connectivity index (χ1v) is 5.12. The van der Waals surface area contributed by atoms with E-state index >= 15 is 0 Å². The molecular weight excluding hydrogens is 164 g/mol. The molecule has 0 spiro atoms. The Morgan fingerprint density at radius 2 is 1.85 bits per heavy atom. The summed E-state index contributed by atoms with van der Waals surface area (Å²) < 4.78 is 0. The minimum absolute atomic E-state index is 0.234. The van der Waals surface area contributed by atoms with Gasteiger partial charge in [0.2, 0.25) is 5.91 Å². The highest BCUT2D eigenvalue weighted by molar-refractivity contribution is 5.73. The monoisotopic (exact) mass is 182 g/mol. The second-order valence-electron chi connectivity index (χ2n) is 4.51. The molecule has 74 valence electrons. The Morgan fingerprint density at radius 3 is 2.23 bits per heavy atom. The van der Waals surface area contributed by atoms with Crippen molar-refractivity contribution >= 4 is 5.91 Å². The van der Waals surface area contributed by atoms with Crippen molar-refractivity contribution in [2.24, 2.45) is 0 Å². The van der Waals surface area contributed by atoms with Gasteiger partial charge in [-0.3, -0.25) is 9.69 Å². The molecule has 0 radical (unpaired) electrons. The second kappa shape index (κ2) is 2.98. The molecule has 3 rings (SSSR count). The van der Waals surface area contributed by atoms with Crippen molar-refractivity contribution in [1.82, 2.24) is 9.80 Å². The Kier molecular flexibility index (Phi) is 2.06. The van der Waals surface area contributed by atoms with Crippen molar-refractivity contribution in [1.29, 1.82) is 0 Å². The Morgan fingerprint density at radius 1 is 1.31 bits per heavy atom. The maximum atomic E-state index is 11.1. The number of rotatable bonds is 1. The third-order valence-electron chi connectivity index (χ3n) is 3.29. The highest BCUT2D eigenvalue weighted by Crippen LogP contribution is 2.33. The predicted octanol–water partition coefficient (Wildman–Crippen LogP) is 0.700. The Hall–Kier alpha value is -0.570. The van der Waals surface area contributed by atoms with Gasteiger partial charge in [-0.05, 0) is 20.3 Å². The van der Waals surface area contributed by atoms with E-state index in [0.717, 1.165) is 13.1 Å². The van der Waals surface area contributed by atoms with E-state index < -0.39 is 0 Å². The van der Waals surface area contributed by atoms with E-state index in [0.29, 0.717) is 18.1 Å². The maximum absolute atomic E-state index is 11.1. The average Bonchev–Trinajstić information content (AvgIpc) is 2.03. The Labute approximate surface area is 79.7 Å². The fraction of sp³-hybridized carbons (Fsp3) is 0.900. The van der Waals surface area contributed by atoms with Crippen LogP contribution in [-0.4, -0.2) is 46.9 Å². The standard InChI is InChI=1S/C10H18N2O/c1-7(2)12-9-4-10(12)6-11(5-9)8(3)13/h7,9-10H,4-6H2,1-3H3. The van der Waals surface area contributed by atoms with Gasteiger partial charge in [-0.2, -0.15) is 0 Å². The number of fused-ring (bicyclic) bond motifs is 2. The quantitative estimate of drug-likeness (QED) is 0.596. The Balaban J connectivity index is 1.98. The number of piperidine rings is 1. The van der Waals surface area contributed by atoms with Crippen LogP contribution in [0.2, 0.25) is 0 Å². The summed E-state index contributed by atoms with van der Waals surface area (Å²) in [6.45, 7) is 8.05. The summed E-state index contributed by atoms with van der Waals surface area (Å²) in [5, 5.41) is 0. The van der Waals surface area contributed by atoms with Gasteiger partial charge in [0.25, 0.3) is 0 Å². The lowest BCUT2D eigenvalue weighted by Crippen LogP contribution is -2.70. The van der Waals surface area contributed by atoms with E-state index in [4.69, 9.17) is 0 Å². The van der Waals surface area contributed by atoms with Gasteiger partial charge in [0.05, 0.1) is 0 Å². The fourth-order valence-electron chi connectivity index (χ4n) is 2.74. The van der Waals surface area contributed by atoms with Gasteiger partial charge in [0.1, 0.15) is 0 Å². The van der Waals surface area contributed by atoms with Gasteiger partial charge in [-0.25, -0.2) is 0 Å². The molecule has 13 heavy (non-hydrogen) atoms. The average molecular weight is 182 g/mol. The highest BCUT2D eigenvalue weighted by atomic mass is 16.2. The number of piperazine rings is 1. The topological polar surface area (TPSA) is 23.6 Å². The smallest absolute Gasteiger partial charge is 0.219 e. The van der Waals surface area contributed by atoms with E-state index in [1.165, 1.54) is 6.42 Å². The summed E-state index contributed by atoms with van der Waals surface area (Å²) in [6.07, 6.45) is 1.29. The lowest BCUT2D eigenvalue weighted by atomic mass is 9.86. The molecule has 2 bridgehead atoms. The van der Waals surface area contributed by atoms with Gasteiger partial charge in [-0.1, -0.05) is 0 Å². The fourth-order valence-corrected chi connectivity index (χ4v) is 2.74. The van der Waals surface area contributed by atoms with Crippen molar-refractivity contribution in [2.45, 2.75) is 45.3 Å². The normalized spacial score (nSPS) is 33.4. The summed E-state index contributed by atoms with van der Waals surface area (Å²) in [6, 6.07) is 1.92. The molecule has 3 saturated heterocycles. The molecule has 3 aliphatic heterocycles. The third kappa shape index (κ3) is 1.35. The molecule has 0 aromatic rings. The number of carbonyl (C=O) groups excluding carboxylic acids is 1. The van der Waals surface area contributed by atoms with Crippen molar-refractivity contribution in [2.75, 3.05) is 13.1 Å². The summed E-state index contributed by atoms with van der Waals surface area (Å²) in [5.74, 6) is 0.234. The minimum atomic E-state index is 0.234. The van der Waals surface area contributed by atoms with Gasteiger partial charge >= 0.3 is 0 Å². The number of amides is 1. The minimum Gasteiger partial charge on any atom is -0.340 e. The molecule has 3 fully saturated rings.